The predicted octanol–water partition coefficient (Wildman–Crippen LogP) is 5.43. The number of benzene rings is 2. The number of fused-ring (bicyclic) bond motifs is 1. The zero-order valence-electron chi connectivity index (χ0n) is 11.6. The van der Waals surface area contributed by atoms with Crippen LogP contribution in [0.15, 0.2) is 36.4 Å². The lowest BCUT2D eigenvalue weighted by atomic mass is 10.2. The number of alkyl halides is 1. The maximum atomic E-state index is 13.5. The minimum Gasteiger partial charge on any atom is -0.295 e. The van der Waals surface area contributed by atoms with Gasteiger partial charge in [-0.2, -0.15) is 0 Å². The summed E-state index contributed by atoms with van der Waals surface area (Å²) in [5, 5.41) is 0.280. The molecule has 1 heterocycles. The van der Waals surface area contributed by atoms with Crippen molar-refractivity contribution in [3.8, 4) is 5.69 Å². The first-order chi connectivity index (χ1) is 9.99. The Kier molecular flexibility index (Phi) is 3.64. The van der Waals surface area contributed by atoms with Crippen LogP contribution in [0.4, 0.5) is 4.39 Å². The fourth-order valence-corrected chi connectivity index (χ4v) is 2.75. The van der Waals surface area contributed by atoms with Crippen LogP contribution in [0, 0.1) is 12.7 Å². The standard InChI is InChI=1S/C16H13Cl2FN2/c1-9-8-11(6-7-13(9)19)21-14-5-3-4-12(18)15(14)20-16(21)10(2)17/h3-8,10H,1-2H3. The molecule has 108 valence electrons. The topological polar surface area (TPSA) is 17.8 Å². The number of rotatable bonds is 2. The molecule has 0 saturated carbocycles. The van der Waals surface area contributed by atoms with Gasteiger partial charge in [0.1, 0.15) is 17.2 Å². The SMILES string of the molecule is Cc1cc(-n2c(C(C)Cl)nc3c(Cl)cccc32)ccc1F. The molecule has 0 aliphatic rings. The molecule has 1 unspecified atom stereocenters. The lowest BCUT2D eigenvalue weighted by Crippen LogP contribution is -2.02. The molecule has 0 amide bonds. The number of halogens is 3. The van der Waals surface area contributed by atoms with E-state index in [1.807, 2.05) is 23.6 Å². The van der Waals surface area contributed by atoms with E-state index in [-0.39, 0.29) is 11.2 Å². The Morgan fingerprint density at radius 1 is 1.24 bits per heavy atom. The van der Waals surface area contributed by atoms with Crippen LogP contribution in [-0.2, 0) is 0 Å². The average Bonchev–Trinajstić information content (AvgIpc) is 2.83. The van der Waals surface area contributed by atoms with Crippen LogP contribution in [-0.4, -0.2) is 9.55 Å². The summed E-state index contributed by atoms with van der Waals surface area (Å²) >= 11 is 12.5. The van der Waals surface area contributed by atoms with Crippen molar-refractivity contribution in [3.63, 3.8) is 0 Å². The van der Waals surface area contributed by atoms with E-state index in [0.717, 1.165) is 11.2 Å². The van der Waals surface area contributed by atoms with Crippen LogP contribution in [0.5, 0.6) is 0 Å². The van der Waals surface area contributed by atoms with Gasteiger partial charge in [-0.05, 0) is 49.7 Å². The molecule has 0 aliphatic carbocycles. The zero-order chi connectivity index (χ0) is 15.1. The molecular formula is C16H13Cl2FN2. The van der Waals surface area contributed by atoms with Gasteiger partial charge in [-0.25, -0.2) is 9.37 Å². The molecular weight excluding hydrogens is 310 g/mol. The molecule has 0 aliphatic heterocycles. The predicted molar refractivity (Wildman–Crippen MR) is 85.0 cm³/mol. The fraction of sp³-hybridized carbons (Fsp3) is 0.188. The van der Waals surface area contributed by atoms with E-state index in [4.69, 9.17) is 23.2 Å². The van der Waals surface area contributed by atoms with Gasteiger partial charge in [0, 0.05) is 5.69 Å². The summed E-state index contributed by atoms with van der Waals surface area (Å²) in [6.07, 6.45) is 0. The third kappa shape index (κ3) is 2.41. The van der Waals surface area contributed by atoms with Crippen molar-refractivity contribution in [2.45, 2.75) is 19.2 Å². The van der Waals surface area contributed by atoms with E-state index in [1.54, 1.807) is 25.1 Å². The maximum absolute atomic E-state index is 13.5. The van der Waals surface area contributed by atoms with Crippen molar-refractivity contribution >= 4 is 34.2 Å². The van der Waals surface area contributed by atoms with E-state index in [2.05, 4.69) is 4.98 Å². The Labute approximate surface area is 132 Å². The van der Waals surface area contributed by atoms with E-state index >= 15 is 0 Å². The molecule has 0 fully saturated rings. The number of aryl methyl sites for hydroxylation is 1. The van der Waals surface area contributed by atoms with Crippen molar-refractivity contribution in [2.75, 3.05) is 0 Å². The Bertz CT molecular complexity index is 825. The fourth-order valence-electron chi connectivity index (χ4n) is 2.39. The van der Waals surface area contributed by atoms with Gasteiger partial charge in [0.25, 0.3) is 0 Å². The quantitative estimate of drug-likeness (QED) is 0.575. The van der Waals surface area contributed by atoms with Crippen LogP contribution in [0.2, 0.25) is 5.02 Å². The summed E-state index contributed by atoms with van der Waals surface area (Å²) in [4.78, 5) is 4.55. The second-order valence-corrected chi connectivity index (χ2v) is 6.02. The molecule has 2 nitrogen and oxygen atoms in total. The summed E-state index contributed by atoms with van der Waals surface area (Å²) in [7, 11) is 0. The van der Waals surface area contributed by atoms with Gasteiger partial charge in [0.15, 0.2) is 0 Å². The molecule has 1 aromatic heterocycles. The molecule has 0 bridgehead atoms. The normalized spacial score (nSPS) is 12.8. The minimum atomic E-state index is -0.293. The van der Waals surface area contributed by atoms with Gasteiger partial charge in [-0.1, -0.05) is 17.7 Å². The molecule has 0 saturated heterocycles. The molecule has 21 heavy (non-hydrogen) atoms. The molecule has 3 aromatic rings. The number of para-hydroxylation sites is 1. The van der Waals surface area contributed by atoms with Crippen LogP contribution in [0.1, 0.15) is 23.7 Å². The number of hydrogen-bond donors (Lipinski definition) is 0. The molecule has 0 spiro atoms. The van der Waals surface area contributed by atoms with Crippen molar-refractivity contribution in [3.05, 3.63) is 58.6 Å². The largest absolute Gasteiger partial charge is 0.295 e. The van der Waals surface area contributed by atoms with E-state index < -0.39 is 0 Å². The van der Waals surface area contributed by atoms with Gasteiger partial charge in [0.2, 0.25) is 0 Å². The van der Waals surface area contributed by atoms with Gasteiger partial charge in [0.05, 0.1) is 15.9 Å². The van der Waals surface area contributed by atoms with Gasteiger partial charge in [-0.15, -0.1) is 11.6 Å². The molecule has 0 radical (unpaired) electrons. The summed E-state index contributed by atoms with van der Waals surface area (Å²) in [6.45, 7) is 3.58. The average molecular weight is 323 g/mol. The number of hydrogen-bond acceptors (Lipinski definition) is 1. The lowest BCUT2D eigenvalue weighted by molar-refractivity contribution is 0.618. The molecule has 3 rings (SSSR count). The van der Waals surface area contributed by atoms with E-state index in [0.29, 0.717) is 21.9 Å². The molecule has 5 heteroatoms. The van der Waals surface area contributed by atoms with E-state index in [9.17, 15) is 4.39 Å². The Morgan fingerprint density at radius 2 is 2.00 bits per heavy atom. The van der Waals surface area contributed by atoms with Gasteiger partial charge in [-0.3, -0.25) is 4.57 Å². The Hall–Kier alpha value is -1.58. The lowest BCUT2D eigenvalue weighted by Gasteiger charge is -2.11. The second-order valence-electron chi connectivity index (χ2n) is 4.96. The number of aromatic nitrogens is 2. The summed E-state index contributed by atoms with van der Waals surface area (Å²) in [5.41, 5.74) is 2.95. The first-order valence-corrected chi connectivity index (χ1v) is 7.38. The first kappa shape index (κ1) is 14.4. The van der Waals surface area contributed by atoms with E-state index in [1.165, 1.54) is 6.07 Å². The molecule has 1 atom stereocenters. The van der Waals surface area contributed by atoms with Crippen molar-refractivity contribution < 1.29 is 4.39 Å². The summed E-state index contributed by atoms with van der Waals surface area (Å²) in [5.74, 6) is 0.451. The van der Waals surface area contributed by atoms with Crippen molar-refractivity contribution in [1.82, 2.24) is 9.55 Å². The van der Waals surface area contributed by atoms with Crippen molar-refractivity contribution in [1.29, 1.82) is 0 Å². The third-order valence-electron chi connectivity index (χ3n) is 3.42. The third-order valence-corrected chi connectivity index (χ3v) is 3.92. The van der Waals surface area contributed by atoms with Crippen molar-refractivity contribution in [2.24, 2.45) is 0 Å². The Balaban J connectivity index is 2.36. The zero-order valence-corrected chi connectivity index (χ0v) is 13.1. The summed E-state index contributed by atoms with van der Waals surface area (Å²) in [6, 6.07) is 10.5. The highest BCUT2D eigenvalue weighted by Gasteiger charge is 2.18. The Morgan fingerprint density at radius 3 is 2.67 bits per heavy atom. The molecule has 0 N–H and O–H groups in total. The highest BCUT2D eigenvalue weighted by Crippen LogP contribution is 2.31. The van der Waals surface area contributed by atoms with Crippen LogP contribution < -0.4 is 0 Å². The van der Waals surface area contributed by atoms with Crippen LogP contribution in [0.3, 0.4) is 0 Å². The first-order valence-electron chi connectivity index (χ1n) is 6.56. The summed E-state index contributed by atoms with van der Waals surface area (Å²) < 4.78 is 15.4. The number of imidazole rings is 1. The number of nitrogens with zero attached hydrogens (tertiary/aromatic N) is 2. The van der Waals surface area contributed by atoms with Gasteiger partial charge >= 0.3 is 0 Å². The smallest absolute Gasteiger partial charge is 0.132 e. The van der Waals surface area contributed by atoms with Gasteiger partial charge < -0.3 is 0 Å². The molecule has 2 aromatic carbocycles. The maximum Gasteiger partial charge on any atom is 0.132 e. The monoisotopic (exact) mass is 322 g/mol. The second kappa shape index (κ2) is 5.32. The minimum absolute atomic E-state index is 0.235. The van der Waals surface area contributed by atoms with Crippen LogP contribution >= 0.6 is 23.2 Å². The highest BCUT2D eigenvalue weighted by atomic mass is 35.5. The van der Waals surface area contributed by atoms with Crippen LogP contribution in [0.25, 0.3) is 16.7 Å². The highest BCUT2D eigenvalue weighted by molar-refractivity contribution is 6.35.